The van der Waals surface area contributed by atoms with Crippen molar-refractivity contribution < 1.29 is 14.6 Å². The van der Waals surface area contributed by atoms with E-state index in [9.17, 15) is 4.79 Å². The zero-order valence-electron chi connectivity index (χ0n) is 14.4. The fourth-order valence-corrected chi connectivity index (χ4v) is 3.18. The van der Waals surface area contributed by atoms with Crippen molar-refractivity contribution in [3.8, 4) is 5.75 Å². The lowest BCUT2D eigenvalue weighted by atomic mass is 9.97. The van der Waals surface area contributed by atoms with Crippen molar-refractivity contribution in [3.05, 3.63) is 41.5 Å². The molecule has 1 aromatic heterocycles. The van der Waals surface area contributed by atoms with Gasteiger partial charge < -0.3 is 14.7 Å². The van der Waals surface area contributed by atoms with Crippen molar-refractivity contribution >= 4 is 5.97 Å². The molecule has 3 rings (SSSR count). The van der Waals surface area contributed by atoms with Gasteiger partial charge in [0.1, 0.15) is 11.6 Å². The zero-order valence-corrected chi connectivity index (χ0v) is 14.4. The molecule has 0 spiro atoms. The minimum atomic E-state index is -0.923. The number of aryl methyl sites for hydroxylation is 1. The Hall–Kier alpha value is -2.41. The zero-order chi connectivity index (χ0) is 17.6. The van der Waals surface area contributed by atoms with Gasteiger partial charge in [-0.25, -0.2) is 9.78 Å². The summed E-state index contributed by atoms with van der Waals surface area (Å²) in [5.74, 6) is 1.99. The third kappa shape index (κ3) is 4.79. The first-order valence-corrected chi connectivity index (χ1v) is 8.69. The number of piperidine rings is 1. The summed E-state index contributed by atoms with van der Waals surface area (Å²) in [6.07, 6.45) is 3.23. The third-order valence-electron chi connectivity index (χ3n) is 4.47. The van der Waals surface area contributed by atoms with Crippen LogP contribution in [0, 0.1) is 6.92 Å². The summed E-state index contributed by atoms with van der Waals surface area (Å²) in [5, 5.41) is 16.1. The van der Waals surface area contributed by atoms with Gasteiger partial charge in [-0.2, -0.15) is 5.10 Å². The number of carbonyl (C=O) groups is 1. The van der Waals surface area contributed by atoms with Crippen LogP contribution < -0.4 is 4.74 Å². The van der Waals surface area contributed by atoms with Crippen LogP contribution in [-0.2, 0) is 0 Å². The first-order chi connectivity index (χ1) is 12.1. The van der Waals surface area contributed by atoms with E-state index in [-0.39, 0.29) is 5.56 Å². The monoisotopic (exact) mass is 344 g/mol. The molecule has 1 aromatic carbocycles. The Bertz CT molecular complexity index is 699. The molecule has 2 heterocycles. The topological polar surface area (TPSA) is 91.3 Å². The normalized spacial score (nSPS) is 18.2. The molecule has 0 amide bonds. The van der Waals surface area contributed by atoms with E-state index in [1.165, 1.54) is 0 Å². The molecule has 1 aliphatic rings. The summed E-state index contributed by atoms with van der Waals surface area (Å²) < 4.78 is 5.70. The Kier molecular flexibility index (Phi) is 5.65. The average Bonchev–Trinajstić information content (AvgIpc) is 3.06. The van der Waals surface area contributed by atoms with Crippen LogP contribution in [0.2, 0.25) is 0 Å². The number of likely N-dealkylation sites (tertiary alicyclic amines) is 1. The highest BCUT2D eigenvalue weighted by Gasteiger charge is 2.23. The molecule has 0 unspecified atom stereocenters. The maximum atomic E-state index is 10.8. The van der Waals surface area contributed by atoms with E-state index in [1.54, 1.807) is 24.3 Å². The lowest BCUT2D eigenvalue weighted by molar-refractivity contribution is 0.0697. The molecular formula is C18H24N4O3. The van der Waals surface area contributed by atoms with Gasteiger partial charge in [-0.15, -0.1) is 0 Å². The van der Waals surface area contributed by atoms with Crippen LogP contribution >= 0.6 is 0 Å². The van der Waals surface area contributed by atoms with E-state index < -0.39 is 5.97 Å². The molecule has 1 atom stereocenters. The molecule has 134 valence electrons. The van der Waals surface area contributed by atoms with Crippen LogP contribution in [0.5, 0.6) is 5.75 Å². The molecule has 0 saturated carbocycles. The molecular weight excluding hydrogens is 320 g/mol. The van der Waals surface area contributed by atoms with Crippen molar-refractivity contribution in [2.45, 2.75) is 32.1 Å². The van der Waals surface area contributed by atoms with Gasteiger partial charge in [0.25, 0.3) is 0 Å². The van der Waals surface area contributed by atoms with Gasteiger partial charge in [0.15, 0.2) is 5.82 Å². The average molecular weight is 344 g/mol. The fourth-order valence-electron chi connectivity index (χ4n) is 3.18. The van der Waals surface area contributed by atoms with E-state index >= 15 is 0 Å². The van der Waals surface area contributed by atoms with E-state index in [0.29, 0.717) is 18.3 Å². The van der Waals surface area contributed by atoms with Crippen LogP contribution in [0.1, 0.15) is 47.2 Å². The standard InChI is InChI=1S/C18H24N4O3/c1-13-19-17(21-20-13)15-4-2-9-22(12-15)10-3-11-25-16-7-5-14(6-8-16)18(23)24/h5-8,15H,2-4,9-12H2,1H3,(H,23,24)(H,19,20,21)/t15-/m0/s1. The van der Waals surface area contributed by atoms with Crippen molar-refractivity contribution in [2.75, 3.05) is 26.2 Å². The molecule has 25 heavy (non-hydrogen) atoms. The van der Waals surface area contributed by atoms with Gasteiger partial charge in [-0.1, -0.05) is 0 Å². The number of aromatic carboxylic acids is 1. The van der Waals surface area contributed by atoms with Crippen LogP contribution in [0.3, 0.4) is 0 Å². The smallest absolute Gasteiger partial charge is 0.335 e. The number of carboxylic acids is 1. The van der Waals surface area contributed by atoms with Crippen molar-refractivity contribution in [1.82, 2.24) is 20.1 Å². The highest BCUT2D eigenvalue weighted by Crippen LogP contribution is 2.24. The molecule has 1 saturated heterocycles. The molecule has 0 aliphatic carbocycles. The predicted octanol–water partition coefficient (Wildman–Crippen LogP) is 2.46. The van der Waals surface area contributed by atoms with E-state index in [4.69, 9.17) is 9.84 Å². The molecule has 1 fully saturated rings. The third-order valence-corrected chi connectivity index (χ3v) is 4.47. The Morgan fingerprint density at radius 1 is 1.40 bits per heavy atom. The van der Waals surface area contributed by atoms with Crippen LogP contribution in [0.4, 0.5) is 0 Å². The van der Waals surface area contributed by atoms with Crippen molar-refractivity contribution in [1.29, 1.82) is 0 Å². The number of aromatic amines is 1. The molecule has 2 N–H and O–H groups in total. The summed E-state index contributed by atoms with van der Waals surface area (Å²) in [7, 11) is 0. The van der Waals surface area contributed by atoms with Gasteiger partial charge in [-0.3, -0.25) is 5.10 Å². The van der Waals surface area contributed by atoms with Crippen molar-refractivity contribution in [2.24, 2.45) is 0 Å². The molecule has 7 nitrogen and oxygen atoms in total. The number of carboxylic acid groups (broad SMARTS) is 1. The number of aromatic nitrogens is 3. The second kappa shape index (κ2) is 8.11. The number of hydrogen-bond donors (Lipinski definition) is 2. The maximum Gasteiger partial charge on any atom is 0.335 e. The Morgan fingerprint density at radius 2 is 2.20 bits per heavy atom. The summed E-state index contributed by atoms with van der Waals surface area (Å²) >= 11 is 0. The number of nitrogens with zero attached hydrogens (tertiary/aromatic N) is 3. The highest BCUT2D eigenvalue weighted by atomic mass is 16.5. The minimum absolute atomic E-state index is 0.272. The maximum absolute atomic E-state index is 10.8. The Labute approximate surface area is 147 Å². The summed E-state index contributed by atoms with van der Waals surface area (Å²) in [6, 6.07) is 6.52. The summed E-state index contributed by atoms with van der Waals surface area (Å²) in [5.41, 5.74) is 0.272. The van der Waals surface area contributed by atoms with Gasteiger partial charge in [0.2, 0.25) is 0 Å². The second-order valence-electron chi connectivity index (χ2n) is 6.45. The van der Waals surface area contributed by atoms with E-state index in [2.05, 4.69) is 20.1 Å². The molecule has 7 heteroatoms. The van der Waals surface area contributed by atoms with Crippen molar-refractivity contribution in [3.63, 3.8) is 0 Å². The van der Waals surface area contributed by atoms with Crippen LogP contribution in [-0.4, -0.2) is 57.4 Å². The number of ether oxygens (including phenoxy) is 1. The molecule has 0 radical (unpaired) electrons. The molecule has 2 aromatic rings. The van der Waals surface area contributed by atoms with Crippen LogP contribution in [0.25, 0.3) is 0 Å². The molecule has 0 bridgehead atoms. The fraction of sp³-hybridized carbons (Fsp3) is 0.500. The van der Waals surface area contributed by atoms with Gasteiger partial charge in [0.05, 0.1) is 12.2 Å². The SMILES string of the molecule is Cc1nc([C@H]2CCCN(CCCOc3ccc(C(=O)O)cc3)C2)n[nH]1. The second-order valence-corrected chi connectivity index (χ2v) is 6.45. The predicted molar refractivity (Wildman–Crippen MR) is 93.0 cm³/mol. The largest absolute Gasteiger partial charge is 0.494 e. The number of H-pyrrole nitrogens is 1. The van der Waals surface area contributed by atoms with Crippen LogP contribution in [0.15, 0.2) is 24.3 Å². The Morgan fingerprint density at radius 3 is 2.88 bits per heavy atom. The first kappa shape index (κ1) is 17.4. The van der Waals surface area contributed by atoms with Gasteiger partial charge >= 0.3 is 5.97 Å². The minimum Gasteiger partial charge on any atom is -0.494 e. The number of nitrogens with one attached hydrogen (secondary N) is 1. The van der Waals surface area contributed by atoms with Gasteiger partial charge in [-0.05, 0) is 57.0 Å². The van der Waals surface area contributed by atoms with Gasteiger partial charge in [0, 0.05) is 19.0 Å². The number of benzene rings is 1. The lowest BCUT2D eigenvalue weighted by Crippen LogP contribution is -2.36. The first-order valence-electron chi connectivity index (χ1n) is 8.69. The number of hydrogen-bond acceptors (Lipinski definition) is 5. The summed E-state index contributed by atoms with van der Waals surface area (Å²) in [4.78, 5) is 17.7. The quantitative estimate of drug-likeness (QED) is 0.750. The molecule has 1 aliphatic heterocycles. The number of rotatable bonds is 7. The Balaban J connectivity index is 1.40. The summed E-state index contributed by atoms with van der Waals surface area (Å²) in [6.45, 7) is 5.62. The van der Waals surface area contributed by atoms with E-state index in [0.717, 1.165) is 50.5 Å². The lowest BCUT2D eigenvalue weighted by Gasteiger charge is -2.31. The van der Waals surface area contributed by atoms with E-state index in [1.807, 2.05) is 6.92 Å². The highest BCUT2D eigenvalue weighted by molar-refractivity contribution is 5.87.